The highest BCUT2D eigenvalue weighted by Gasteiger charge is 2.21. The number of carbonyl (C=O) groups is 1. The predicted octanol–water partition coefficient (Wildman–Crippen LogP) is 2.93. The minimum absolute atomic E-state index is 0.00127. The topological polar surface area (TPSA) is 41.1 Å². The first-order valence-corrected chi connectivity index (χ1v) is 6.39. The first-order valence-electron chi connectivity index (χ1n) is 5.63. The molecule has 0 unspecified atom stereocenters. The summed E-state index contributed by atoms with van der Waals surface area (Å²) in [5.41, 5.74) is 0.578. The van der Waals surface area contributed by atoms with Gasteiger partial charge in [-0.3, -0.25) is 4.79 Å². The zero-order valence-corrected chi connectivity index (χ0v) is 10.8. The fourth-order valence-electron chi connectivity index (χ4n) is 1.90. The molecule has 1 amide bonds. The summed E-state index contributed by atoms with van der Waals surface area (Å²) in [6.07, 6.45) is 1.94. The second kappa shape index (κ2) is 5.71. The van der Waals surface area contributed by atoms with E-state index in [0.29, 0.717) is 15.7 Å². The number of piperidine rings is 1. The van der Waals surface area contributed by atoms with Crippen LogP contribution >= 0.6 is 23.2 Å². The molecular formula is C12H14Cl2N2O. The van der Waals surface area contributed by atoms with Gasteiger partial charge in [-0.25, -0.2) is 0 Å². The standard InChI is InChI=1S/C12H14Cl2N2O/c13-9-3-4-10(14)11(6-9)16-12(17)8-2-1-5-15-7-8/h3-4,6,8,15H,1-2,5,7H2,(H,16,17)/t8-/m0/s1. The summed E-state index contributed by atoms with van der Waals surface area (Å²) in [6, 6.07) is 5.04. The molecular weight excluding hydrogens is 259 g/mol. The van der Waals surface area contributed by atoms with Crippen LogP contribution in [0.25, 0.3) is 0 Å². The van der Waals surface area contributed by atoms with E-state index in [1.807, 2.05) is 0 Å². The van der Waals surface area contributed by atoms with Crippen molar-refractivity contribution in [2.24, 2.45) is 5.92 Å². The minimum Gasteiger partial charge on any atom is -0.324 e. The largest absolute Gasteiger partial charge is 0.324 e. The van der Waals surface area contributed by atoms with Crippen LogP contribution in [0.2, 0.25) is 10.0 Å². The van der Waals surface area contributed by atoms with E-state index in [-0.39, 0.29) is 11.8 Å². The lowest BCUT2D eigenvalue weighted by atomic mass is 9.99. The fourth-order valence-corrected chi connectivity index (χ4v) is 2.24. The molecule has 2 N–H and O–H groups in total. The number of benzene rings is 1. The number of rotatable bonds is 2. The highest BCUT2D eigenvalue weighted by molar-refractivity contribution is 6.35. The van der Waals surface area contributed by atoms with Gasteiger partial charge in [-0.1, -0.05) is 23.2 Å². The summed E-state index contributed by atoms with van der Waals surface area (Å²) in [6.45, 7) is 1.71. The second-order valence-electron chi connectivity index (χ2n) is 4.16. The van der Waals surface area contributed by atoms with Crippen molar-refractivity contribution in [1.29, 1.82) is 0 Å². The Labute approximate surface area is 110 Å². The Bertz CT molecular complexity index is 417. The summed E-state index contributed by atoms with van der Waals surface area (Å²) < 4.78 is 0. The Kier molecular flexibility index (Phi) is 4.26. The summed E-state index contributed by atoms with van der Waals surface area (Å²) >= 11 is 11.9. The van der Waals surface area contributed by atoms with Gasteiger partial charge in [0.25, 0.3) is 0 Å². The lowest BCUT2D eigenvalue weighted by molar-refractivity contribution is -0.120. The first kappa shape index (κ1) is 12.7. The Morgan fingerprint density at radius 1 is 1.41 bits per heavy atom. The van der Waals surface area contributed by atoms with Gasteiger partial charge >= 0.3 is 0 Å². The van der Waals surface area contributed by atoms with Gasteiger partial charge in [-0.2, -0.15) is 0 Å². The van der Waals surface area contributed by atoms with E-state index in [0.717, 1.165) is 25.9 Å². The highest BCUT2D eigenvalue weighted by atomic mass is 35.5. The van der Waals surface area contributed by atoms with E-state index in [1.165, 1.54) is 0 Å². The normalized spacial score (nSPS) is 20.0. The maximum absolute atomic E-state index is 12.0. The average molecular weight is 273 g/mol. The second-order valence-corrected chi connectivity index (χ2v) is 5.00. The molecule has 1 saturated heterocycles. The molecule has 5 heteroatoms. The number of nitrogens with one attached hydrogen (secondary N) is 2. The molecule has 1 heterocycles. The number of carbonyl (C=O) groups excluding carboxylic acids is 1. The Morgan fingerprint density at radius 3 is 2.94 bits per heavy atom. The maximum atomic E-state index is 12.0. The molecule has 0 bridgehead atoms. The first-order chi connectivity index (χ1) is 8.16. The summed E-state index contributed by atoms with van der Waals surface area (Å²) in [7, 11) is 0. The van der Waals surface area contributed by atoms with Crippen LogP contribution < -0.4 is 10.6 Å². The molecule has 1 fully saturated rings. The molecule has 1 aliphatic rings. The number of hydrogen-bond donors (Lipinski definition) is 2. The summed E-state index contributed by atoms with van der Waals surface area (Å²) in [5.74, 6) is 0.0140. The molecule has 1 aliphatic heterocycles. The molecule has 0 aliphatic carbocycles. The van der Waals surface area contributed by atoms with Crippen LogP contribution in [-0.4, -0.2) is 19.0 Å². The molecule has 92 valence electrons. The van der Waals surface area contributed by atoms with E-state index < -0.39 is 0 Å². The Morgan fingerprint density at radius 2 is 2.24 bits per heavy atom. The third-order valence-corrected chi connectivity index (χ3v) is 3.42. The van der Waals surface area contributed by atoms with Crippen molar-refractivity contribution in [3.8, 4) is 0 Å². The van der Waals surface area contributed by atoms with Gasteiger partial charge in [-0.05, 0) is 37.6 Å². The van der Waals surface area contributed by atoms with E-state index in [1.54, 1.807) is 18.2 Å². The maximum Gasteiger partial charge on any atom is 0.228 e. The third kappa shape index (κ3) is 3.35. The zero-order valence-electron chi connectivity index (χ0n) is 9.30. The third-order valence-electron chi connectivity index (χ3n) is 2.85. The van der Waals surface area contributed by atoms with Gasteiger partial charge in [0.05, 0.1) is 16.6 Å². The quantitative estimate of drug-likeness (QED) is 0.869. The van der Waals surface area contributed by atoms with Gasteiger partial charge < -0.3 is 10.6 Å². The van der Waals surface area contributed by atoms with Crippen LogP contribution in [-0.2, 0) is 4.79 Å². The van der Waals surface area contributed by atoms with Gasteiger partial charge in [0.15, 0.2) is 0 Å². The molecule has 2 rings (SSSR count). The SMILES string of the molecule is O=C(Nc1cc(Cl)ccc1Cl)[C@H]1CCCNC1. The van der Waals surface area contributed by atoms with E-state index in [2.05, 4.69) is 10.6 Å². The monoisotopic (exact) mass is 272 g/mol. The smallest absolute Gasteiger partial charge is 0.228 e. The predicted molar refractivity (Wildman–Crippen MR) is 70.7 cm³/mol. The average Bonchev–Trinajstić information content (AvgIpc) is 2.35. The molecule has 1 aromatic rings. The fraction of sp³-hybridized carbons (Fsp3) is 0.417. The molecule has 0 aromatic heterocycles. The van der Waals surface area contributed by atoms with Gasteiger partial charge in [0, 0.05) is 11.6 Å². The van der Waals surface area contributed by atoms with Crippen molar-refractivity contribution >= 4 is 34.8 Å². The van der Waals surface area contributed by atoms with Gasteiger partial charge in [-0.15, -0.1) is 0 Å². The molecule has 0 spiro atoms. The van der Waals surface area contributed by atoms with Crippen molar-refractivity contribution in [3.63, 3.8) is 0 Å². The van der Waals surface area contributed by atoms with Crippen LogP contribution in [0.4, 0.5) is 5.69 Å². The number of amides is 1. The van der Waals surface area contributed by atoms with Crippen molar-refractivity contribution in [2.45, 2.75) is 12.8 Å². The Hall–Kier alpha value is -0.770. The van der Waals surface area contributed by atoms with E-state index in [4.69, 9.17) is 23.2 Å². The van der Waals surface area contributed by atoms with Crippen LogP contribution in [0.15, 0.2) is 18.2 Å². The summed E-state index contributed by atoms with van der Waals surface area (Å²) in [5, 5.41) is 7.10. The molecule has 1 atom stereocenters. The lowest BCUT2D eigenvalue weighted by Gasteiger charge is -2.22. The van der Waals surface area contributed by atoms with Gasteiger partial charge in [0.1, 0.15) is 0 Å². The number of anilines is 1. The number of hydrogen-bond acceptors (Lipinski definition) is 2. The zero-order chi connectivity index (χ0) is 12.3. The van der Waals surface area contributed by atoms with Crippen molar-refractivity contribution in [1.82, 2.24) is 5.32 Å². The Balaban J connectivity index is 2.04. The van der Waals surface area contributed by atoms with Crippen LogP contribution in [0.3, 0.4) is 0 Å². The van der Waals surface area contributed by atoms with Crippen molar-refractivity contribution < 1.29 is 4.79 Å². The molecule has 17 heavy (non-hydrogen) atoms. The van der Waals surface area contributed by atoms with Crippen molar-refractivity contribution in [2.75, 3.05) is 18.4 Å². The summed E-state index contributed by atoms with van der Waals surface area (Å²) in [4.78, 5) is 12.0. The molecule has 3 nitrogen and oxygen atoms in total. The molecule has 1 aromatic carbocycles. The van der Waals surface area contributed by atoms with E-state index in [9.17, 15) is 4.79 Å². The van der Waals surface area contributed by atoms with Crippen LogP contribution in [0, 0.1) is 5.92 Å². The molecule has 0 radical (unpaired) electrons. The number of halogens is 2. The van der Waals surface area contributed by atoms with Gasteiger partial charge in [0.2, 0.25) is 5.91 Å². The van der Waals surface area contributed by atoms with Crippen LogP contribution in [0.5, 0.6) is 0 Å². The van der Waals surface area contributed by atoms with Crippen LogP contribution in [0.1, 0.15) is 12.8 Å². The van der Waals surface area contributed by atoms with E-state index >= 15 is 0 Å². The molecule has 0 saturated carbocycles. The minimum atomic E-state index is 0.00127. The highest BCUT2D eigenvalue weighted by Crippen LogP contribution is 2.26. The lowest BCUT2D eigenvalue weighted by Crippen LogP contribution is -2.37. The van der Waals surface area contributed by atoms with Crippen molar-refractivity contribution in [3.05, 3.63) is 28.2 Å².